The van der Waals surface area contributed by atoms with Gasteiger partial charge in [-0.1, -0.05) is 12.2 Å². The standard InChI is InChI=1S/C11H13BrN2O3/c1-17-10-8(6-9(12)7-14-10)4-2-3-5-13-11(15)16/h2,4,6-7,13H,3,5H2,1H3,(H,15,16). The number of pyridine rings is 1. The number of ether oxygens (including phenoxy) is 1. The molecule has 1 amide bonds. The van der Waals surface area contributed by atoms with Crippen molar-refractivity contribution in [2.45, 2.75) is 6.42 Å². The zero-order chi connectivity index (χ0) is 12.7. The minimum absolute atomic E-state index is 0.385. The van der Waals surface area contributed by atoms with Crippen molar-refractivity contribution in [1.29, 1.82) is 0 Å². The molecular formula is C11H13BrN2O3. The number of hydrogen-bond donors (Lipinski definition) is 2. The smallest absolute Gasteiger partial charge is 0.404 e. The SMILES string of the molecule is COc1ncc(Br)cc1C=CCCNC(=O)O. The summed E-state index contributed by atoms with van der Waals surface area (Å²) in [6.45, 7) is 0.385. The molecule has 6 heteroatoms. The van der Waals surface area contributed by atoms with Crippen molar-refractivity contribution in [2.24, 2.45) is 0 Å². The molecule has 2 N–H and O–H groups in total. The fraction of sp³-hybridized carbons (Fsp3) is 0.273. The van der Waals surface area contributed by atoms with Crippen LogP contribution in [0.2, 0.25) is 0 Å². The fourth-order valence-corrected chi connectivity index (χ4v) is 1.55. The van der Waals surface area contributed by atoms with Crippen LogP contribution in [0, 0.1) is 0 Å². The highest BCUT2D eigenvalue weighted by Crippen LogP contribution is 2.20. The predicted octanol–water partition coefficient (Wildman–Crippen LogP) is 2.52. The first-order chi connectivity index (χ1) is 8.13. The molecule has 1 aromatic rings. The lowest BCUT2D eigenvalue weighted by molar-refractivity contribution is 0.194. The molecule has 0 spiro atoms. The van der Waals surface area contributed by atoms with Gasteiger partial charge in [0.25, 0.3) is 0 Å². The molecule has 0 unspecified atom stereocenters. The van der Waals surface area contributed by atoms with Gasteiger partial charge in [-0.25, -0.2) is 9.78 Å². The number of carbonyl (C=O) groups is 1. The Morgan fingerprint density at radius 3 is 3.12 bits per heavy atom. The largest absolute Gasteiger partial charge is 0.481 e. The third-order valence-corrected chi connectivity index (χ3v) is 2.36. The van der Waals surface area contributed by atoms with Gasteiger partial charge in [-0.15, -0.1) is 0 Å². The van der Waals surface area contributed by atoms with Gasteiger partial charge in [0, 0.05) is 22.8 Å². The highest BCUT2D eigenvalue weighted by Gasteiger charge is 2.01. The number of rotatable bonds is 5. The monoisotopic (exact) mass is 300 g/mol. The summed E-state index contributed by atoms with van der Waals surface area (Å²) in [6, 6.07) is 1.88. The Kier molecular flexibility index (Phi) is 5.48. The van der Waals surface area contributed by atoms with Gasteiger partial charge in [0.1, 0.15) is 0 Å². The quantitative estimate of drug-likeness (QED) is 0.820. The van der Waals surface area contributed by atoms with Crippen LogP contribution in [0.5, 0.6) is 5.88 Å². The Bertz CT molecular complexity index is 421. The Labute approximate surface area is 108 Å². The Balaban J connectivity index is 2.57. The van der Waals surface area contributed by atoms with Crippen LogP contribution in [0.1, 0.15) is 12.0 Å². The summed E-state index contributed by atoms with van der Waals surface area (Å²) in [5.41, 5.74) is 0.845. The average molecular weight is 301 g/mol. The summed E-state index contributed by atoms with van der Waals surface area (Å²) in [4.78, 5) is 14.3. The van der Waals surface area contributed by atoms with Crippen LogP contribution >= 0.6 is 15.9 Å². The molecule has 0 saturated carbocycles. The molecule has 0 atom stereocenters. The summed E-state index contributed by atoms with van der Waals surface area (Å²) in [5.74, 6) is 0.538. The number of nitrogens with zero attached hydrogens (tertiary/aromatic N) is 1. The van der Waals surface area contributed by atoms with Crippen molar-refractivity contribution < 1.29 is 14.6 Å². The van der Waals surface area contributed by atoms with Gasteiger partial charge >= 0.3 is 6.09 Å². The van der Waals surface area contributed by atoms with Crippen molar-refractivity contribution in [1.82, 2.24) is 10.3 Å². The van der Waals surface area contributed by atoms with E-state index in [-0.39, 0.29) is 0 Å². The maximum absolute atomic E-state index is 10.2. The number of hydrogen-bond acceptors (Lipinski definition) is 3. The van der Waals surface area contributed by atoms with E-state index in [1.54, 1.807) is 13.3 Å². The van der Waals surface area contributed by atoms with Crippen LogP contribution in [0.4, 0.5) is 4.79 Å². The molecule has 5 nitrogen and oxygen atoms in total. The summed E-state index contributed by atoms with van der Waals surface area (Å²) in [5, 5.41) is 10.7. The first-order valence-electron chi connectivity index (χ1n) is 4.96. The third-order valence-electron chi connectivity index (χ3n) is 1.92. The molecule has 17 heavy (non-hydrogen) atoms. The van der Waals surface area contributed by atoms with Gasteiger partial charge in [0.2, 0.25) is 5.88 Å². The van der Waals surface area contributed by atoms with E-state index in [2.05, 4.69) is 26.2 Å². The zero-order valence-electron chi connectivity index (χ0n) is 9.31. The maximum Gasteiger partial charge on any atom is 0.404 e. The normalized spacial score (nSPS) is 10.5. The Morgan fingerprint density at radius 1 is 1.71 bits per heavy atom. The van der Waals surface area contributed by atoms with Gasteiger partial charge in [0.05, 0.1) is 7.11 Å². The summed E-state index contributed by atoms with van der Waals surface area (Å²) in [6.07, 6.45) is 4.96. The molecular weight excluding hydrogens is 288 g/mol. The van der Waals surface area contributed by atoms with Crippen LogP contribution < -0.4 is 10.1 Å². The van der Waals surface area contributed by atoms with E-state index in [9.17, 15) is 4.79 Å². The van der Waals surface area contributed by atoms with Crippen LogP contribution in [0.3, 0.4) is 0 Å². The molecule has 0 aliphatic carbocycles. The lowest BCUT2D eigenvalue weighted by atomic mass is 10.2. The van der Waals surface area contributed by atoms with Crippen molar-refractivity contribution >= 4 is 28.1 Å². The summed E-state index contributed by atoms with van der Waals surface area (Å²) in [7, 11) is 1.56. The molecule has 1 rings (SSSR count). The molecule has 0 fully saturated rings. The third kappa shape index (κ3) is 4.86. The molecule has 0 aromatic carbocycles. The first kappa shape index (κ1) is 13.5. The number of carboxylic acid groups (broad SMARTS) is 1. The highest BCUT2D eigenvalue weighted by molar-refractivity contribution is 9.10. The van der Waals surface area contributed by atoms with Gasteiger partial charge < -0.3 is 15.2 Å². The molecule has 0 bridgehead atoms. The molecule has 0 saturated heterocycles. The van der Waals surface area contributed by atoms with Gasteiger partial charge in [-0.05, 0) is 28.4 Å². The fourth-order valence-electron chi connectivity index (χ4n) is 1.21. The number of nitrogens with one attached hydrogen (secondary N) is 1. The molecule has 0 aliphatic rings. The summed E-state index contributed by atoms with van der Waals surface area (Å²) >= 11 is 3.33. The molecule has 1 heterocycles. The van der Waals surface area contributed by atoms with Gasteiger partial charge in [-0.3, -0.25) is 0 Å². The maximum atomic E-state index is 10.2. The van der Waals surface area contributed by atoms with Gasteiger partial charge in [0.15, 0.2) is 0 Å². The van der Waals surface area contributed by atoms with Crippen LogP contribution in [0.15, 0.2) is 22.8 Å². The number of halogens is 1. The second kappa shape index (κ2) is 6.90. The van der Waals surface area contributed by atoms with E-state index >= 15 is 0 Å². The topological polar surface area (TPSA) is 71.5 Å². The Morgan fingerprint density at radius 2 is 2.47 bits per heavy atom. The van der Waals surface area contributed by atoms with Gasteiger partial charge in [-0.2, -0.15) is 0 Å². The minimum atomic E-state index is -1.01. The second-order valence-electron chi connectivity index (χ2n) is 3.18. The minimum Gasteiger partial charge on any atom is -0.481 e. The van der Waals surface area contributed by atoms with Crippen molar-refractivity contribution in [3.63, 3.8) is 0 Å². The van der Waals surface area contributed by atoms with Crippen LogP contribution in [-0.2, 0) is 0 Å². The number of amides is 1. The van der Waals surface area contributed by atoms with Crippen LogP contribution in [-0.4, -0.2) is 29.8 Å². The van der Waals surface area contributed by atoms with E-state index in [4.69, 9.17) is 9.84 Å². The van der Waals surface area contributed by atoms with Crippen LogP contribution in [0.25, 0.3) is 6.08 Å². The number of methoxy groups -OCH3 is 1. The van der Waals surface area contributed by atoms with Crippen molar-refractivity contribution in [2.75, 3.05) is 13.7 Å². The van der Waals surface area contributed by atoms with E-state index in [1.807, 2.05) is 18.2 Å². The van der Waals surface area contributed by atoms with Crippen molar-refractivity contribution in [3.8, 4) is 5.88 Å². The predicted molar refractivity (Wildman–Crippen MR) is 68.2 cm³/mol. The zero-order valence-corrected chi connectivity index (χ0v) is 10.9. The lowest BCUT2D eigenvalue weighted by Crippen LogP contribution is -2.21. The van der Waals surface area contributed by atoms with Crippen molar-refractivity contribution in [3.05, 3.63) is 28.4 Å². The molecule has 0 aliphatic heterocycles. The first-order valence-corrected chi connectivity index (χ1v) is 5.75. The lowest BCUT2D eigenvalue weighted by Gasteiger charge is -2.03. The molecule has 92 valence electrons. The average Bonchev–Trinajstić information content (AvgIpc) is 2.28. The number of aromatic nitrogens is 1. The molecule has 1 aromatic heterocycles. The second-order valence-corrected chi connectivity index (χ2v) is 4.09. The van der Waals surface area contributed by atoms with E-state index in [0.29, 0.717) is 18.8 Å². The van der Waals surface area contributed by atoms with E-state index in [1.165, 1.54) is 0 Å². The van der Waals surface area contributed by atoms with E-state index < -0.39 is 6.09 Å². The Hall–Kier alpha value is -1.56. The summed E-state index contributed by atoms with van der Waals surface area (Å²) < 4.78 is 5.97. The molecule has 0 radical (unpaired) electrons. The highest BCUT2D eigenvalue weighted by atomic mass is 79.9. The van der Waals surface area contributed by atoms with E-state index in [0.717, 1.165) is 10.0 Å².